The maximum Gasteiger partial charge on any atom is 0.342 e. The van der Waals surface area contributed by atoms with Gasteiger partial charge in [-0.25, -0.2) is 5.32 Å². The molecule has 2 amide bonds. The Hall–Kier alpha value is -1.88. The fourth-order valence-electron chi connectivity index (χ4n) is 1.10. The lowest BCUT2D eigenvalue weighted by Crippen LogP contribution is -2.41. The minimum Gasteiger partial charge on any atom is -0.280 e. The van der Waals surface area contributed by atoms with Gasteiger partial charge in [0.05, 0.1) is 11.4 Å². The number of carbonyl (C=O) groups excluding carboxylic acids is 2. The number of para-hydroxylation sites is 2. The normalized spacial score (nSPS) is 15.3. The molecule has 65 valence electrons. The standard InChI is InChI=1S/C8H5N2O3/c11-7-8(12)10(13)6-4-2-1-3-5(6)9-7/h1-4,13H. The fourth-order valence-corrected chi connectivity index (χ4v) is 1.10. The molecule has 1 aromatic rings. The first-order valence-electron chi connectivity index (χ1n) is 3.58. The van der Waals surface area contributed by atoms with Crippen molar-refractivity contribution in [3.63, 3.8) is 0 Å². The molecule has 0 unspecified atom stereocenters. The third kappa shape index (κ3) is 1.06. The molecule has 1 radical (unpaired) electrons. The molecule has 13 heavy (non-hydrogen) atoms. The van der Waals surface area contributed by atoms with E-state index < -0.39 is 11.8 Å². The maximum absolute atomic E-state index is 10.9. The van der Waals surface area contributed by atoms with Crippen LogP contribution >= 0.6 is 0 Å². The Bertz CT molecular complexity index is 389. The molecule has 0 aliphatic carbocycles. The van der Waals surface area contributed by atoms with E-state index >= 15 is 0 Å². The van der Waals surface area contributed by atoms with E-state index in [-0.39, 0.29) is 5.69 Å². The van der Waals surface area contributed by atoms with Crippen LogP contribution in [0.1, 0.15) is 0 Å². The van der Waals surface area contributed by atoms with Crippen molar-refractivity contribution in [2.24, 2.45) is 0 Å². The van der Waals surface area contributed by atoms with E-state index in [0.29, 0.717) is 10.8 Å². The van der Waals surface area contributed by atoms with Crippen LogP contribution in [-0.4, -0.2) is 17.0 Å². The van der Waals surface area contributed by atoms with Crippen LogP contribution in [0.3, 0.4) is 0 Å². The Morgan fingerprint density at radius 1 is 1.23 bits per heavy atom. The molecule has 2 rings (SSSR count). The summed E-state index contributed by atoms with van der Waals surface area (Å²) in [5.41, 5.74) is 0.529. The fraction of sp³-hybridized carbons (Fsp3) is 0. The smallest absolute Gasteiger partial charge is 0.280 e. The number of hydrogen-bond donors (Lipinski definition) is 1. The van der Waals surface area contributed by atoms with Crippen LogP contribution in [0.4, 0.5) is 11.4 Å². The number of benzene rings is 1. The van der Waals surface area contributed by atoms with Crippen molar-refractivity contribution in [2.75, 3.05) is 5.06 Å². The summed E-state index contributed by atoms with van der Waals surface area (Å²) >= 11 is 0. The van der Waals surface area contributed by atoms with Gasteiger partial charge < -0.3 is 0 Å². The quantitative estimate of drug-likeness (QED) is 0.454. The highest BCUT2D eigenvalue weighted by atomic mass is 16.5. The summed E-state index contributed by atoms with van der Waals surface area (Å²) in [6.45, 7) is 0. The zero-order valence-electron chi connectivity index (χ0n) is 6.47. The molecule has 5 nitrogen and oxygen atoms in total. The second-order valence-corrected chi connectivity index (χ2v) is 2.52. The number of amides is 2. The van der Waals surface area contributed by atoms with Gasteiger partial charge in [0.25, 0.3) is 0 Å². The average molecular weight is 177 g/mol. The molecule has 1 aliphatic rings. The second-order valence-electron chi connectivity index (χ2n) is 2.52. The van der Waals surface area contributed by atoms with Gasteiger partial charge in [-0.05, 0) is 12.1 Å². The van der Waals surface area contributed by atoms with E-state index in [2.05, 4.69) is 5.32 Å². The van der Waals surface area contributed by atoms with Gasteiger partial charge in [0, 0.05) is 0 Å². The highest BCUT2D eigenvalue weighted by Gasteiger charge is 2.31. The van der Waals surface area contributed by atoms with Crippen molar-refractivity contribution in [3.05, 3.63) is 24.3 Å². The third-order valence-corrected chi connectivity index (χ3v) is 1.71. The minimum atomic E-state index is -1.03. The van der Waals surface area contributed by atoms with Crippen molar-refractivity contribution >= 4 is 23.2 Å². The Labute approximate surface area is 73.5 Å². The molecule has 0 fully saturated rings. The number of hydrogen-bond acceptors (Lipinski definition) is 3. The van der Waals surface area contributed by atoms with Crippen molar-refractivity contribution in [1.29, 1.82) is 0 Å². The number of rotatable bonds is 0. The summed E-state index contributed by atoms with van der Waals surface area (Å²) in [6.07, 6.45) is 0. The van der Waals surface area contributed by atoms with Crippen molar-refractivity contribution in [1.82, 2.24) is 5.32 Å². The zero-order chi connectivity index (χ0) is 9.42. The number of hydroxylamine groups is 1. The summed E-state index contributed by atoms with van der Waals surface area (Å²) in [5.74, 6) is -1.99. The van der Waals surface area contributed by atoms with Gasteiger partial charge in [0.2, 0.25) is 0 Å². The van der Waals surface area contributed by atoms with E-state index in [0.717, 1.165) is 0 Å². The molecule has 0 aromatic heterocycles. The SMILES string of the molecule is O=C1[N]c2ccccc2N(O)C1=O. The Kier molecular flexibility index (Phi) is 1.53. The highest BCUT2D eigenvalue weighted by molar-refractivity contribution is 6.42. The van der Waals surface area contributed by atoms with Gasteiger partial charge in [-0.15, -0.1) is 0 Å². The van der Waals surface area contributed by atoms with Crippen molar-refractivity contribution in [2.45, 2.75) is 0 Å². The molecule has 1 aliphatic heterocycles. The first kappa shape index (κ1) is 7.75. The van der Waals surface area contributed by atoms with Gasteiger partial charge in [0.1, 0.15) is 0 Å². The van der Waals surface area contributed by atoms with Gasteiger partial charge in [-0.3, -0.25) is 14.8 Å². The maximum atomic E-state index is 10.9. The van der Waals surface area contributed by atoms with Crippen molar-refractivity contribution in [3.8, 4) is 0 Å². The molecular formula is C8H5N2O3. The van der Waals surface area contributed by atoms with E-state index in [4.69, 9.17) is 0 Å². The topological polar surface area (TPSA) is 71.7 Å². The molecule has 0 saturated carbocycles. The Morgan fingerprint density at radius 2 is 1.92 bits per heavy atom. The third-order valence-electron chi connectivity index (χ3n) is 1.71. The minimum absolute atomic E-state index is 0.229. The molecule has 0 bridgehead atoms. The molecule has 1 aromatic carbocycles. The van der Waals surface area contributed by atoms with E-state index in [1.54, 1.807) is 18.2 Å². The zero-order valence-corrected chi connectivity index (χ0v) is 6.47. The van der Waals surface area contributed by atoms with E-state index in [1.807, 2.05) is 0 Å². The summed E-state index contributed by atoms with van der Waals surface area (Å²) < 4.78 is 0. The summed E-state index contributed by atoms with van der Waals surface area (Å²) in [4.78, 5) is 21.8. The van der Waals surface area contributed by atoms with E-state index in [1.165, 1.54) is 6.07 Å². The van der Waals surface area contributed by atoms with Gasteiger partial charge in [0.15, 0.2) is 0 Å². The highest BCUT2D eigenvalue weighted by Crippen LogP contribution is 2.27. The average Bonchev–Trinajstić information content (AvgIpc) is 2.15. The molecule has 0 atom stereocenters. The first-order chi connectivity index (χ1) is 6.20. The Morgan fingerprint density at radius 3 is 2.69 bits per heavy atom. The summed E-state index contributed by atoms with van der Waals surface area (Å²) in [6, 6.07) is 6.35. The number of anilines is 1. The number of fused-ring (bicyclic) bond motifs is 1. The summed E-state index contributed by atoms with van der Waals surface area (Å²) in [7, 11) is 0. The molecule has 1 heterocycles. The van der Waals surface area contributed by atoms with Crippen molar-refractivity contribution < 1.29 is 14.8 Å². The molecule has 5 heteroatoms. The molecule has 0 spiro atoms. The lowest BCUT2D eigenvalue weighted by Gasteiger charge is -2.20. The van der Waals surface area contributed by atoms with Gasteiger partial charge in [-0.2, -0.15) is 5.06 Å². The summed E-state index contributed by atoms with van der Waals surface area (Å²) in [5, 5.41) is 13.0. The monoisotopic (exact) mass is 177 g/mol. The predicted molar refractivity (Wildman–Crippen MR) is 42.5 cm³/mol. The van der Waals surface area contributed by atoms with Crippen LogP contribution < -0.4 is 10.4 Å². The molecular weight excluding hydrogens is 172 g/mol. The van der Waals surface area contributed by atoms with Crippen LogP contribution in [0, 0.1) is 0 Å². The van der Waals surface area contributed by atoms with Crippen LogP contribution in [0.2, 0.25) is 0 Å². The van der Waals surface area contributed by atoms with Crippen LogP contribution in [0.15, 0.2) is 24.3 Å². The Balaban J connectivity index is 2.55. The molecule has 0 saturated heterocycles. The number of carbonyl (C=O) groups is 2. The van der Waals surface area contributed by atoms with Gasteiger partial charge >= 0.3 is 11.8 Å². The number of nitrogens with zero attached hydrogens (tertiary/aromatic N) is 2. The van der Waals surface area contributed by atoms with Crippen LogP contribution in [0.5, 0.6) is 0 Å². The van der Waals surface area contributed by atoms with Gasteiger partial charge in [-0.1, -0.05) is 12.1 Å². The van der Waals surface area contributed by atoms with E-state index in [9.17, 15) is 14.8 Å². The largest absolute Gasteiger partial charge is 0.342 e. The van der Waals surface area contributed by atoms with Crippen LogP contribution in [0.25, 0.3) is 0 Å². The first-order valence-corrected chi connectivity index (χ1v) is 3.58. The van der Waals surface area contributed by atoms with Crippen LogP contribution in [-0.2, 0) is 9.59 Å². The lowest BCUT2D eigenvalue weighted by molar-refractivity contribution is -0.140. The molecule has 1 N–H and O–H groups in total. The lowest BCUT2D eigenvalue weighted by atomic mass is 10.2. The second kappa shape index (κ2) is 2.56. The predicted octanol–water partition coefficient (Wildman–Crippen LogP) is 0.185.